The molecule has 0 saturated carbocycles. The van der Waals surface area contributed by atoms with Gasteiger partial charge in [-0.05, 0) is 25.0 Å². The fourth-order valence-electron chi connectivity index (χ4n) is 4.62. The summed E-state index contributed by atoms with van der Waals surface area (Å²) in [7, 11) is 1.54. The first-order valence-corrected chi connectivity index (χ1v) is 13.8. The van der Waals surface area contributed by atoms with E-state index < -0.39 is 18.1 Å². The van der Waals surface area contributed by atoms with Crippen LogP contribution in [0, 0.1) is 5.92 Å². The van der Waals surface area contributed by atoms with Crippen molar-refractivity contribution < 1.29 is 19.5 Å². The topological polar surface area (TPSA) is 181 Å². The Hall–Kier alpha value is -3.55. The number of thiazole rings is 1. The average Bonchev–Trinajstić information content (AvgIpc) is 3.64. The van der Waals surface area contributed by atoms with Crippen molar-refractivity contribution in [3.63, 3.8) is 0 Å². The summed E-state index contributed by atoms with van der Waals surface area (Å²) in [4.78, 5) is 53.2. The molecule has 1 aliphatic heterocycles. The number of guanidine groups is 1. The van der Waals surface area contributed by atoms with Gasteiger partial charge in [0.05, 0.1) is 17.2 Å². The molecule has 0 aromatic carbocycles. The van der Waals surface area contributed by atoms with Crippen molar-refractivity contribution >= 4 is 52.1 Å². The highest BCUT2D eigenvalue weighted by atomic mass is 35.5. The summed E-state index contributed by atoms with van der Waals surface area (Å²) in [5.41, 5.74) is 11.7. The Morgan fingerprint density at radius 1 is 1.23 bits per heavy atom. The second kappa shape index (κ2) is 12.5. The van der Waals surface area contributed by atoms with Crippen LogP contribution in [0.5, 0.6) is 0 Å². The van der Waals surface area contributed by atoms with Gasteiger partial charge in [0.1, 0.15) is 22.0 Å². The summed E-state index contributed by atoms with van der Waals surface area (Å²) in [6, 6.07) is 2.90. The van der Waals surface area contributed by atoms with Gasteiger partial charge in [0.15, 0.2) is 11.7 Å². The number of nitrogens with one attached hydrogen (secondary N) is 1. The normalized spacial score (nSPS) is 17.8. The average molecular weight is 575 g/mol. The first-order valence-electron chi connectivity index (χ1n) is 12.5. The van der Waals surface area contributed by atoms with Crippen molar-refractivity contribution in [3.05, 3.63) is 51.3 Å². The standard InChI is InChI=1S/C25H31ClN8O4S/c1-29-22(37)14(4-2-3-7-30-25(27)28)8-20(36)18-13-39-23(32-18)19-9-16(35)11-34(19)24(38)17-12-33-10-15(26)5-6-21(33)31-17/h5-6,10,12-14,16,19,35H,2-4,7-9,11H2,1H3,(H,29,37)(H4,27,28,30)/t14-,16-,19+/m0/s1. The number of carbonyl (C=O) groups is 3. The lowest BCUT2D eigenvalue weighted by Crippen LogP contribution is -2.32. The van der Waals surface area contributed by atoms with E-state index in [0.29, 0.717) is 47.9 Å². The molecule has 2 amide bonds. The molecule has 0 unspecified atom stereocenters. The lowest BCUT2D eigenvalue weighted by atomic mass is 9.94. The van der Waals surface area contributed by atoms with E-state index in [4.69, 9.17) is 23.1 Å². The van der Waals surface area contributed by atoms with Crippen LogP contribution in [0.2, 0.25) is 5.02 Å². The Kier molecular flexibility index (Phi) is 9.15. The predicted octanol–water partition coefficient (Wildman–Crippen LogP) is 1.77. The highest BCUT2D eigenvalue weighted by Crippen LogP contribution is 2.35. The van der Waals surface area contributed by atoms with Crippen molar-refractivity contribution in [2.75, 3.05) is 20.1 Å². The summed E-state index contributed by atoms with van der Waals surface area (Å²) in [5.74, 6) is -1.32. The van der Waals surface area contributed by atoms with E-state index in [9.17, 15) is 19.5 Å². The van der Waals surface area contributed by atoms with Crippen LogP contribution in [0.1, 0.15) is 64.1 Å². The monoisotopic (exact) mass is 574 g/mol. The number of imidazole rings is 1. The molecule has 12 nitrogen and oxygen atoms in total. The number of halogens is 1. The Balaban J connectivity index is 1.44. The van der Waals surface area contributed by atoms with E-state index in [0.717, 1.165) is 0 Å². The van der Waals surface area contributed by atoms with Crippen LogP contribution in [0.4, 0.5) is 0 Å². The first kappa shape index (κ1) is 28.5. The minimum atomic E-state index is -0.731. The number of ketones is 1. The van der Waals surface area contributed by atoms with Gasteiger partial charge < -0.3 is 31.2 Å². The Bertz CT molecular complexity index is 1390. The number of amides is 2. The van der Waals surface area contributed by atoms with Crippen LogP contribution in [0.25, 0.3) is 5.65 Å². The molecule has 4 rings (SSSR count). The highest BCUT2D eigenvalue weighted by molar-refractivity contribution is 7.09. The van der Waals surface area contributed by atoms with Crippen molar-refractivity contribution in [3.8, 4) is 0 Å². The van der Waals surface area contributed by atoms with Gasteiger partial charge >= 0.3 is 0 Å². The molecule has 0 radical (unpaired) electrons. The Labute approximate surface area is 234 Å². The third-order valence-corrected chi connectivity index (χ3v) is 7.74. The number of aliphatic imine (C=N–C) groups is 1. The number of nitrogens with zero attached hydrogens (tertiary/aromatic N) is 5. The van der Waals surface area contributed by atoms with Gasteiger partial charge in [0.2, 0.25) is 5.91 Å². The number of nitrogens with two attached hydrogens (primary N) is 2. The zero-order valence-electron chi connectivity index (χ0n) is 21.4. The third kappa shape index (κ3) is 6.91. The van der Waals surface area contributed by atoms with E-state index >= 15 is 0 Å². The Morgan fingerprint density at radius 2 is 2.03 bits per heavy atom. The number of pyridine rings is 1. The number of aliphatic hydroxyl groups is 1. The number of likely N-dealkylation sites (tertiary alicyclic amines) is 1. The quantitative estimate of drug-likeness (QED) is 0.116. The van der Waals surface area contributed by atoms with Crippen LogP contribution in [-0.2, 0) is 4.79 Å². The molecule has 3 atom stereocenters. The molecule has 0 spiro atoms. The molecule has 1 aliphatic rings. The molecule has 1 saturated heterocycles. The zero-order valence-corrected chi connectivity index (χ0v) is 23.0. The number of hydrogen-bond acceptors (Lipinski definition) is 8. The minimum Gasteiger partial charge on any atom is -0.391 e. The van der Waals surface area contributed by atoms with E-state index in [1.54, 1.807) is 34.3 Å². The highest BCUT2D eigenvalue weighted by Gasteiger charge is 2.38. The van der Waals surface area contributed by atoms with Crippen molar-refractivity contribution in [1.29, 1.82) is 0 Å². The molecule has 6 N–H and O–H groups in total. The fraction of sp³-hybridized carbons (Fsp3) is 0.440. The molecule has 0 aliphatic carbocycles. The summed E-state index contributed by atoms with van der Waals surface area (Å²) in [5, 5.41) is 15.7. The smallest absolute Gasteiger partial charge is 0.274 e. The second-order valence-corrected chi connectivity index (χ2v) is 10.7. The molecule has 14 heteroatoms. The van der Waals surface area contributed by atoms with Gasteiger partial charge in [-0.15, -0.1) is 11.3 Å². The lowest BCUT2D eigenvalue weighted by Gasteiger charge is -2.21. The molecule has 3 aromatic heterocycles. The summed E-state index contributed by atoms with van der Waals surface area (Å²) >= 11 is 7.29. The zero-order chi connectivity index (χ0) is 28.1. The second-order valence-electron chi connectivity index (χ2n) is 9.41. The number of aliphatic hydroxyl groups excluding tert-OH is 1. The van der Waals surface area contributed by atoms with Gasteiger partial charge in [-0.3, -0.25) is 19.4 Å². The van der Waals surface area contributed by atoms with Crippen LogP contribution >= 0.6 is 22.9 Å². The number of aromatic nitrogens is 3. The largest absolute Gasteiger partial charge is 0.391 e. The number of unbranched alkanes of at least 4 members (excludes halogenated alkanes) is 1. The van der Waals surface area contributed by atoms with Gasteiger partial charge in [0.25, 0.3) is 5.91 Å². The van der Waals surface area contributed by atoms with E-state index in [1.165, 1.54) is 23.3 Å². The van der Waals surface area contributed by atoms with Crippen molar-refractivity contribution in [2.24, 2.45) is 22.4 Å². The molecule has 1 fully saturated rings. The maximum absolute atomic E-state index is 13.4. The van der Waals surface area contributed by atoms with Crippen molar-refractivity contribution in [2.45, 2.75) is 44.2 Å². The molecular weight excluding hydrogens is 544 g/mol. The number of carbonyl (C=O) groups excluding carboxylic acids is 3. The van der Waals surface area contributed by atoms with Gasteiger partial charge in [-0.25, -0.2) is 9.97 Å². The molecule has 3 aromatic rings. The first-order chi connectivity index (χ1) is 18.7. The molecule has 208 valence electrons. The number of fused-ring (bicyclic) bond motifs is 1. The van der Waals surface area contributed by atoms with Crippen LogP contribution < -0.4 is 16.8 Å². The lowest BCUT2D eigenvalue weighted by molar-refractivity contribution is -0.124. The van der Waals surface area contributed by atoms with Gasteiger partial charge in [0, 0.05) is 56.7 Å². The van der Waals surface area contributed by atoms with E-state index in [-0.39, 0.29) is 47.9 Å². The van der Waals surface area contributed by atoms with E-state index in [2.05, 4.69) is 20.3 Å². The maximum Gasteiger partial charge on any atom is 0.274 e. The van der Waals surface area contributed by atoms with Crippen LogP contribution in [0.3, 0.4) is 0 Å². The van der Waals surface area contributed by atoms with Crippen LogP contribution in [0.15, 0.2) is 34.9 Å². The maximum atomic E-state index is 13.4. The number of β-amino-alcohol motifs (C(OH)–C–C–N with tert-alkyl or cyclic N) is 1. The molecule has 39 heavy (non-hydrogen) atoms. The minimum absolute atomic E-state index is 0.00485. The van der Waals surface area contributed by atoms with Crippen LogP contribution in [-0.4, -0.2) is 74.2 Å². The summed E-state index contributed by atoms with van der Waals surface area (Å²) in [6.07, 6.45) is 4.69. The SMILES string of the molecule is CNC(=O)[C@@H](CCCCN=C(N)N)CC(=O)c1csc([C@H]2C[C@H](O)CN2C(=O)c2cn3cc(Cl)ccc3n2)n1. The van der Waals surface area contributed by atoms with Gasteiger partial charge in [-0.1, -0.05) is 18.0 Å². The predicted molar refractivity (Wildman–Crippen MR) is 148 cm³/mol. The number of rotatable bonds is 11. The van der Waals surface area contributed by atoms with E-state index in [1.807, 2.05) is 0 Å². The summed E-state index contributed by atoms with van der Waals surface area (Å²) in [6.45, 7) is 0.580. The molecule has 0 bridgehead atoms. The third-order valence-electron chi connectivity index (χ3n) is 6.57. The van der Waals surface area contributed by atoms with Gasteiger partial charge in [-0.2, -0.15) is 0 Å². The number of Topliss-reactive ketones (excluding diaryl/α,β-unsaturated/α-hetero) is 1. The Morgan fingerprint density at radius 3 is 2.77 bits per heavy atom. The fourth-order valence-corrected chi connectivity index (χ4v) is 5.74. The molecular formula is C25H31ClN8O4S. The molecule has 4 heterocycles. The summed E-state index contributed by atoms with van der Waals surface area (Å²) < 4.78 is 1.67. The number of hydrogen-bond donors (Lipinski definition) is 4. The van der Waals surface area contributed by atoms with Crippen molar-refractivity contribution in [1.82, 2.24) is 24.6 Å².